The van der Waals surface area contributed by atoms with Gasteiger partial charge in [-0.05, 0) is 112 Å². The molecule has 6 aliphatic carbocycles. The molecule has 318 valence electrons. The first-order chi connectivity index (χ1) is 25.9. The van der Waals surface area contributed by atoms with Gasteiger partial charge in [-0.15, -0.1) is 0 Å². The Hall–Kier alpha value is -0.940. The van der Waals surface area contributed by atoms with E-state index < -0.39 is 16.9 Å². The van der Waals surface area contributed by atoms with Gasteiger partial charge >= 0.3 is 0 Å². The minimum absolute atomic E-state index is 0.00243. The maximum Gasteiger partial charge on any atom is 0.146 e. The van der Waals surface area contributed by atoms with Crippen molar-refractivity contribution in [2.75, 3.05) is 55.6 Å². The predicted molar refractivity (Wildman–Crippen MR) is 214 cm³/mol. The Bertz CT molecular complexity index is 1340. The van der Waals surface area contributed by atoms with Crippen LogP contribution in [0.2, 0.25) is 0 Å². The topological polar surface area (TPSA) is 110 Å². The highest BCUT2D eigenvalue weighted by molar-refractivity contribution is 5.88. The van der Waals surface area contributed by atoms with Crippen LogP contribution in [0.15, 0.2) is 0 Å². The Balaban J connectivity index is 0.000000212. The Kier molecular flexibility index (Phi) is 13.9. The number of ketones is 2. The van der Waals surface area contributed by atoms with Crippen molar-refractivity contribution >= 4 is 11.6 Å². The molecule has 9 heteroatoms. The van der Waals surface area contributed by atoms with Crippen LogP contribution in [-0.4, -0.2) is 96.6 Å². The van der Waals surface area contributed by atoms with Crippen LogP contribution in [-0.2, 0) is 38.0 Å². The molecule has 0 spiro atoms. The van der Waals surface area contributed by atoms with Gasteiger partial charge in [0, 0.05) is 82.3 Å². The van der Waals surface area contributed by atoms with Crippen molar-refractivity contribution in [1.82, 2.24) is 0 Å². The van der Waals surface area contributed by atoms with Gasteiger partial charge in [-0.1, -0.05) is 55.4 Å². The maximum atomic E-state index is 14.0. The van der Waals surface area contributed by atoms with E-state index in [1.807, 2.05) is 7.11 Å². The fourth-order valence-corrected chi connectivity index (χ4v) is 14.5. The van der Waals surface area contributed by atoms with Gasteiger partial charge in [0.25, 0.3) is 0 Å². The molecule has 1 N–H and O–H groups in total. The van der Waals surface area contributed by atoms with E-state index in [2.05, 4.69) is 55.4 Å². The number of rotatable bonds is 11. The molecule has 0 aromatic rings. The number of aliphatic hydroxyl groups is 1. The van der Waals surface area contributed by atoms with Crippen molar-refractivity contribution in [2.24, 2.45) is 68.0 Å². The van der Waals surface area contributed by atoms with Crippen molar-refractivity contribution in [3.63, 3.8) is 0 Å². The molecule has 9 nitrogen and oxygen atoms in total. The molecule has 6 fully saturated rings. The molecule has 0 aromatic heterocycles. The molecule has 0 heterocycles. The van der Waals surface area contributed by atoms with Gasteiger partial charge in [-0.2, -0.15) is 0 Å². The van der Waals surface area contributed by atoms with Gasteiger partial charge in [-0.3, -0.25) is 9.59 Å². The van der Waals surface area contributed by atoms with Crippen LogP contribution in [0.5, 0.6) is 0 Å². The highest BCUT2D eigenvalue weighted by atomic mass is 16.7. The molecule has 55 heavy (non-hydrogen) atoms. The van der Waals surface area contributed by atoms with E-state index in [0.717, 1.165) is 57.8 Å². The van der Waals surface area contributed by atoms with E-state index >= 15 is 0 Å². The van der Waals surface area contributed by atoms with E-state index in [1.165, 1.54) is 0 Å². The Morgan fingerprint density at radius 3 is 1.45 bits per heavy atom. The predicted octanol–water partition coefficient (Wildman–Crippen LogP) is 8.32. The average molecular weight is 777 g/mol. The SMILES string of the molecule is COCC[C@]1(C)C[C@@H](O)[C@@]2(C)C3[C@H](OC)CCC3(CC[C@H]2C)[C@@H](C)C1=O.COCC[C@]1(C)C[C@@H](OCOC)[C@@]2(C)C3[C@H](OC)CCC3(CC[C@H]2C)[C@@H](C)C1=O. The van der Waals surface area contributed by atoms with Crippen LogP contribution in [0, 0.1) is 68.0 Å². The summed E-state index contributed by atoms with van der Waals surface area (Å²) in [5, 5.41) is 11.5. The van der Waals surface area contributed by atoms with E-state index in [4.69, 9.17) is 28.4 Å². The fourth-order valence-electron chi connectivity index (χ4n) is 14.5. The summed E-state index contributed by atoms with van der Waals surface area (Å²) in [5.41, 5.74) is -1.27. The lowest BCUT2D eigenvalue weighted by Crippen LogP contribution is -2.63. The lowest BCUT2D eigenvalue weighted by molar-refractivity contribution is -0.220. The molecule has 4 bridgehead atoms. The molecule has 0 aliphatic heterocycles. The summed E-state index contributed by atoms with van der Waals surface area (Å²) >= 11 is 0. The maximum absolute atomic E-state index is 14.0. The molecule has 6 rings (SSSR count). The first-order valence-corrected chi connectivity index (χ1v) is 21.8. The second kappa shape index (κ2) is 17.0. The third-order valence-corrected chi connectivity index (χ3v) is 18.4. The highest BCUT2D eigenvalue weighted by Gasteiger charge is 2.69. The number of carbonyl (C=O) groups excluding carboxylic acids is 2. The van der Waals surface area contributed by atoms with Gasteiger partial charge < -0.3 is 33.5 Å². The van der Waals surface area contributed by atoms with Gasteiger partial charge in [0.1, 0.15) is 18.4 Å². The van der Waals surface area contributed by atoms with Crippen molar-refractivity contribution in [1.29, 1.82) is 0 Å². The second-order valence-corrected chi connectivity index (χ2v) is 20.4. The van der Waals surface area contributed by atoms with E-state index in [1.54, 1.807) is 28.4 Å². The van der Waals surface area contributed by atoms with Gasteiger partial charge in [-0.25, -0.2) is 0 Å². The molecule has 0 aromatic carbocycles. The first-order valence-electron chi connectivity index (χ1n) is 21.8. The number of ether oxygens (including phenoxy) is 6. The molecule has 6 saturated carbocycles. The number of aliphatic hydroxyl groups excluding tert-OH is 1. The fraction of sp³-hybridized carbons (Fsp3) is 0.957. The van der Waals surface area contributed by atoms with Crippen molar-refractivity contribution in [2.45, 2.75) is 157 Å². The highest BCUT2D eigenvalue weighted by Crippen LogP contribution is 2.70. The van der Waals surface area contributed by atoms with Crippen LogP contribution in [0.3, 0.4) is 0 Å². The van der Waals surface area contributed by atoms with Crippen LogP contribution in [0.25, 0.3) is 0 Å². The van der Waals surface area contributed by atoms with Gasteiger partial charge in [0.05, 0.1) is 24.4 Å². The quantitative estimate of drug-likeness (QED) is 0.207. The third kappa shape index (κ3) is 7.15. The Morgan fingerprint density at radius 1 is 0.600 bits per heavy atom. The summed E-state index contributed by atoms with van der Waals surface area (Å²) in [5.74, 6) is 2.27. The molecule has 4 unspecified atom stereocenters. The van der Waals surface area contributed by atoms with Gasteiger partial charge in [0.2, 0.25) is 0 Å². The second-order valence-electron chi connectivity index (χ2n) is 20.4. The minimum Gasteiger partial charge on any atom is -0.393 e. The number of hydrogen-bond donors (Lipinski definition) is 1. The summed E-state index contributed by atoms with van der Waals surface area (Å²) in [7, 11) is 8.71. The largest absolute Gasteiger partial charge is 0.393 e. The Morgan fingerprint density at radius 2 is 1.02 bits per heavy atom. The molecular weight excluding hydrogens is 696 g/mol. The average Bonchev–Trinajstić information content (AvgIpc) is 3.77. The summed E-state index contributed by atoms with van der Waals surface area (Å²) in [6.07, 6.45) is 11.0. The number of Topliss-reactive ketones (excluding diaryl/α,β-unsaturated/α-hetero) is 2. The first kappa shape index (κ1) is 45.1. The Labute approximate surface area is 334 Å². The van der Waals surface area contributed by atoms with E-state index in [0.29, 0.717) is 61.8 Å². The summed E-state index contributed by atoms with van der Waals surface area (Å²) in [6, 6.07) is 0. The van der Waals surface area contributed by atoms with Crippen LogP contribution < -0.4 is 0 Å². The molecular formula is C46H80O9. The van der Waals surface area contributed by atoms with E-state index in [-0.39, 0.29) is 64.5 Å². The molecule has 0 amide bonds. The van der Waals surface area contributed by atoms with Gasteiger partial charge in [0.15, 0.2) is 0 Å². The van der Waals surface area contributed by atoms with Crippen LogP contribution in [0.1, 0.15) is 132 Å². The lowest BCUT2D eigenvalue weighted by atomic mass is 9.44. The smallest absolute Gasteiger partial charge is 0.146 e. The monoisotopic (exact) mass is 777 g/mol. The molecule has 0 saturated heterocycles. The van der Waals surface area contributed by atoms with Crippen molar-refractivity contribution < 1.29 is 43.1 Å². The zero-order valence-corrected chi connectivity index (χ0v) is 37.1. The van der Waals surface area contributed by atoms with Crippen molar-refractivity contribution in [3.05, 3.63) is 0 Å². The number of methoxy groups -OCH3 is 5. The summed E-state index contributed by atoms with van der Waals surface area (Å²) in [4.78, 5) is 27.7. The molecule has 6 aliphatic rings. The minimum atomic E-state index is -0.518. The van der Waals surface area contributed by atoms with Crippen LogP contribution >= 0.6 is 0 Å². The third-order valence-electron chi connectivity index (χ3n) is 18.4. The number of hydrogen-bond acceptors (Lipinski definition) is 9. The zero-order valence-electron chi connectivity index (χ0n) is 37.1. The standard InChI is InChI=1S/C24H42O5.C22H38O4/c1-16-8-10-24-11-9-18(28-7)20(24)23(16,4)19(29-15-27-6)14-22(3,12-13-26-5)21(25)17(24)2;1-14-7-9-22-10-8-16(26-6)18(22)21(14,4)17(23)13-20(3,11-12-25-5)19(24)15(22)2/h16-20H,8-15H2,1-7H3;14-18,23H,7-13H2,1-6H3/t16-,17+,18-,19-,20?,22-,23+,24?;14-,15+,16-,17-,18?,20-,21+,22?/m11/s1. The van der Waals surface area contributed by atoms with Crippen LogP contribution in [0.4, 0.5) is 0 Å². The molecule has 16 atom stereocenters. The zero-order chi connectivity index (χ0) is 40.8. The van der Waals surface area contributed by atoms with E-state index in [9.17, 15) is 14.7 Å². The summed E-state index contributed by atoms with van der Waals surface area (Å²) in [6.45, 7) is 19.3. The normalized spacial score (nSPS) is 49.5. The van der Waals surface area contributed by atoms with Crippen molar-refractivity contribution in [3.8, 4) is 0 Å². The summed E-state index contributed by atoms with van der Waals surface area (Å²) < 4.78 is 34.4. The molecule has 0 radical (unpaired) electrons. The number of carbonyl (C=O) groups is 2. The lowest BCUT2D eigenvalue weighted by Gasteiger charge is -2.62.